The van der Waals surface area contributed by atoms with Crippen molar-refractivity contribution in [3.8, 4) is 0 Å². The average molecular weight is 397 g/mol. The highest BCUT2D eigenvalue weighted by atomic mass is 79.9. The van der Waals surface area contributed by atoms with Crippen LogP contribution in [0.3, 0.4) is 0 Å². The molecule has 0 spiro atoms. The second kappa shape index (κ2) is 6.55. The monoisotopic (exact) mass is 395 g/mol. The summed E-state index contributed by atoms with van der Waals surface area (Å²) in [5, 5.41) is 2.98. The van der Waals surface area contributed by atoms with Crippen LogP contribution in [0.4, 0.5) is 5.69 Å². The smallest absolute Gasteiger partial charge is 0.256 e. The fourth-order valence-corrected chi connectivity index (χ4v) is 2.81. The standard InChI is InChI=1S/C16H15Br2NO/c1-10-6-5-8-13(15(10)18)16(20)19-14-9-4-3-7-12(14)11(2)17/h3-9,11H,1-2H3,(H,19,20). The minimum absolute atomic E-state index is 0.110. The molecule has 1 N–H and O–H groups in total. The molecule has 0 heterocycles. The molecule has 2 aromatic carbocycles. The number of halogens is 2. The van der Waals surface area contributed by atoms with Crippen molar-refractivity contribution in [2.24, 2.45) is 0 Å². The van der Waals surface area contributed by atoms with E-state index in [-0.39, 0.29) is 10.7 Å². The number of carbonyl (C=O) groups is 1. The largest absolute Gasteiger partial charge is 0.322 e. The average Bonchev–Trinajstić information content (AvgIpc) is 2.42. The molecule has 0 aliphatic heterocycles. The van der Waals surface area contributed by atoms with Gasteiger partial charge in [0.15, 0.2) is 0 Å². The number of alkyl halides is 1. The first kappa shape index (κ1) is 15.3. The summed E-state index contributed by atoms with van der Waals surface area (Å²) in [7, 11) is 0. The molecule has 0 aliphatic carbocycles. The molecule has 0 radical (unpaired) electrons. The second-order valence-electron chi connectivity index (χ2n) is 4.59. The van der Waals surface area contributed by atoms with Crippen LogP contribution in [-0.4, -0.2) is 5.91 Å². The van der Waals surface area contributed by atoms with E-state index in [1.807, 2.05) is 56.3 Å². The van der Waals surface area contributed by atoms with Gasteiger partial charge >= 0.3 is 0 Å². The number of rotatable bonds is 3. The summed E-state index contributed by atoms with van der Waals surface area (Å²) >= 11 is 7.02. The van der Waals surface area contributed by atoms with E-state index in [1.54, 1.807) is 0 Å². The lowest BCUT2D eigenvalue weighted by Crippen LogP contribution is -2.14. The topological polar surface area (TPSA) is 29.1 Å². The Kier molecular flexibility index (Phi) is 5.00. The third-order valence-electron chi connectivity index (χ3n) is 3.07. The van der Waals surface area contributed by atoms with Gasteiger partial charge in [0.05, 0.1) is 5.56 Å². The number of para-hydroxylation sites is 1. The first-order valence-corrected chi connectivity index (χ1v) is 8.01. The molecule has 0 aromatic heterocycles. The second-order valence-corrected chi connectivity index (χ2v) is 6.76. The molecule has 0 aliphatic rings. The van der Waals surface area contributed by atoms with Crippen molar-refractivity contribution in [2.75, 3.05) is 5.32 Å². The lowest BCUT2D eigenvalue weighted by atomic mass is 10.1. The van der Waals surface area contributed by atoms with Crippen LogP contribution in [0.15, 0.2) is 46.9 Å². The molecule has 2 rings (SSSR count). The van der Waals surface area contributed by atoms with E-state index >= 15 is 0 Å². The van der Waals surface area contributed by atoms with Crippen LogP contribution >= 0.6 is 31.9 Å². The van der Waals surface area contributed by atoms with Gasteiger partial charge in [-0.05, 0) is 53.0 Å². The van der Waals surface area contributed by atoms with E-state index in [0.29, 0.717) is 5.56 Å². The Hall–Kier alpha value is -1.13. The fourth-order valence-electron chi connectivity index (χ4n) is 1.97. The van der Waals surface area contributed by atoms with Gasteiger partial charge in [0.25, 0.3) is 5.91 Å². The van der Waals surface area contributed by atoms with E-state index < -0.39 is 0 Å². The molecule has 1 unspecified atom stereocenters. The molecule has 0 fully saturated rings. The Morgan fingerprint density at radius 2 is 1.85 bits per heavy atom. The molecule has 2 aromatic rings. The predicted octanol–water partition coefficient (Wildman–Crippen LogP) is 5.47. The van der Waals surface area contributed by atoms with E-state index in [2.05, 4.69) is 37.2 Å². The van der Waals surface area contributed by atoms with Gasteiger partial charge in [0, 0.05) is 15.0 Å². The number of nitrogens with one attached hydrogen (secondary N) is 1. The van der Waals surface area contributed by atoms with Crippen molar-refractivity contribution in [1.82, 2.24) is 0 Å². The van der Waals surface area contributed by atoms with Crippen molar-refractivity contribution in [3.05, 3.63) is 63.6 Å². The van der Waals surface area contributed by atoms with Gasteiger partial charge in [-0.2, -0.15) is 0 Å². The number of anilines is 1. The first-order chi connectivity index (χ1) is 9.50. The highest BCUT2D eigenvalue weighted by Crippen LogP contribution is 2.29. The van der Waals surface area contributed by atoms with E-state index in [4.69, 9.17) is 0 Å². The first-order valence-electron chi connectivity index (χ1n) is 6.30. The van der Waals surface area contributed by atoms with Crippen LogP contribution in [0.25, 0.3) is 0 Å². The van der Waals surface area contributed by atoms with E-state index in [1.165, 1.54) is 0 Å². The van der Waals surface area contributed by atoms with Crippen LogP contribution in [0.5, 0.6) is 0 Å². The van der Waals surface area contributed by atoms with Gasteiger partial charge in [-0.25, -0.2) is 0 Å². The number of benzene rings is 2. The molecular weight excluding hydrogens is 382 g/mol. The molecule has 0 bridgehead atoms. The summed E-state index contributed by atoms with van der Waals surface area (Å²) in [5.74, 6) is -0.110. The highest BCUT2D eigenvalue weighted by Gasteiger charge is 2.14. The van der Waals surface area contributed by atoms with Gasteiger partial charge in [-0.3, -0.25) is 4.79 Å². The summed E-state index contributed by atoms with van der Waals surface area (Å²) in [4.78, 5) is 12.6. The van der Waals surface area contributed by atoms with Gasteiger partial charge < -0.3 is 5.32 Å². The predicted molar refractivity (Wildman–Crippen MR) is 90.6 cm³/mol. The molecule has 2 nitrogen and oxygen atoms in total. The van der Waals surface area contributed by atoms with Crippen LogP contribution in [-0.2, 0) is 0 Å². The molecule has 20 heavy (non-hydrogen) atoms. The maximum absolute atomic E-state index is 12.4. The zero-order chi connectivity index (χ0) is 14.7. The molecule has 0 saturated heterocycles. The number of hydrogen-bond acceptors (Lipinski definition) is 1. The maximum Gasteiger partial charge on any atom is 0.256 e. The zero-order valence-electron chi connectivity index (χ0n) is 11.3. The number of hydrogen-bond donors (Lipinski definition) is 1. The van der Waals surface area contributed by atoms with E-state index in [9.17, 15) is 4.79 Å². The van der Waals surface area contributed by atoms with Crippen molar-refractivity contribution >= 4 is 43.5 Å². The van der Waals surface area contributed by atoms with E-state index in [0.717, 1.165) is 21.3 Å². The summed E-state index contributed by atoms with van der Waals surface area (Å²) in [6.45, 7) is 4.00. The van der Waals surface area contributed by atoms with Gasteiger partial charge in [0.1, 0.15) is 0 Å². The normalized spacial score (nSPS) is 12.0. The number of amides is 1. The summed E-state index contributed by atoms with van der Waals surface area (Å²) in [5.41, 5.74) is 3.57. The third kappa shape index (κ3) is 3.30. The Morgan fingerprint density at radius 1 is 1.15 bits per heavy atom. The minimum atomic E-state index is -0.110. The Morgan fingerprint density at radius 3 is 2.55 bits per heavy atom. The van der Waals surface area contributed by atoms with Crippen molar-refractivity contribution in [1.29, 1.82) is 0 Å². The number of carbonyl (C=O) groups excluding carboxylic acids is 1. The van der Waals surface area contributed by atoms with Crippen LogP contribution in [0, 0.1) is 6.92 Å². The molecule has 1 amide bonds. The summed E-state index contributed by atoms with van der Waals surface area (Å²) in [6.07, 6.45) is 0. The lowest BCUT2D eigenvalue weighted by Gasteiger charge is -2.13. The SMILES string of the molecule is Cc1cccc(C(=O)Nc2ccccc2C(C)Br)c1Br. The third-order valence-corrected chi connectivity index (χ3v) is 4.62. The maximum atomic E-state index is 12.4. The highest BCUT2D eigenvalue weighted by molar-refractivity contribution is 9.10. The van der Waals surface area contributed by atoms with Crippen molar-refractivity contribution in [3.63, 3.8) is 0 Å². The summed E-state index contributed by atoms with van der Waals surface area (Å²) < 4.78 is 0.835. The number of aryl methyl sites for hydroxylation is 1. The van der Waals surface area contributed by atoms with Crippen molar-refractivity contribution in [2.45, 2.75) is 18.7 Å². The van der Waals surface area contributed by atoms with Gasteiger partial charge in [-0.15, -0.1) is 0 Å². The summed E-state index contributed by atoms with van der Waals surface area (Å²) in [6, 6.07) is 13.5. The molecule has 104 valence electrons. The minimum Gasteiger partial charge on any atom is -0.322 e. The zero-order valence-corrected chi connectivity index (χ0v) is 14.5. The molecule has 0 saturated carbocycles. The quantitative estimate of drug-likeness (QED) is 0.685. The van der Waals surface area contributed by atoms with Crippen LogP contribution in [0.1, 0.15) is 33.2 Å². The molecular formula is C16H15Br2NO. The molecule has 1 atom stereocenters. The Labute approximate surface area is 135 Å². The Bertz CT molecular complexity index is 638. The van der Waals surface area contributed by atoms with Gasteiger partial charge in [-0.1, -0.05) is 46.3 Å². The van der Waals surface area contributed by atoms with Crippen LogP contribution < -0.4 is 5.32 Å². The van der Waals surface area contributed by atoms with Gasteiger partial charge in [0.2, 0.25) is 0 Å². The Balaban J connectivity index is 2.31. The fraction of sp³-hybridized carbons (Fsp3) is 0.188. The van der Waals surface area contributed by atoms with Crippen LogP contribution in [0.2, 0.25) is 0 Å². The lowest BCUT2D eigenvalue weighted by molar-refractivity contribution is 0.102. The van der Waals surface area contributed by atoms with Crippen molar-refractivity contribution < 1.29 is 4.79 Å². The molecule has 4 heteroatoms.